The Morgan fingerprint density at radius 2 is 1.75 bits per heavy atom. The average Bonchev–Trinajstić information content (AvgIpc) is 2.05. The van der Waals surface area contributed by atoms with Gasteiger partial charge in [-0.15, -0.1) is 0 Å². The third kappa shape index (κ3) is 2.78. The predicted octanol–water partition coefficient (Wildman–Crippen LogP) is 2.71. The minimum Gasteiger partial charge on any atom is -0.286 e. The summed E-state index contributed by atoms with van der Waals surface area (Å²) in [5, 5.41) is 0. The second-order valence-corrected chi connectivity index (χ2v) is 3.59. The fraction of sp³-hybridized carbons (Fsp3) is 0.300. The van der Waals surface area contributed by atoms with E-state index >= 15 is 0 Å². The predicted molar refractivity (Wildman–Crippen MR) is 53.5 cm³/mol. The summed E-state index contributed by atoms with van der Waals surface area (Å²) in [5.74, 6) is 0. The molecule has 0 aliphatic carbocycles. The molecule has 0 spiro atoms. The molecule has 0 fully saturated rings. The minimum atomic E-state index is 0.0340. The molecule has 1 aromatic rings. The molecule has 0 saturated carbocycles. The Labute approximate surface area is 80.9 Å². The van der Waals surface area contributed by atoms with Crippen LogP contribution in [0.4, 0.5) is 0 Å². The third-order valence-electron chi connectivity index (χ3n) is 1.77. The molecule has 2 heteroatoms. The van der Waals surface area contributed by atoms with Crippen LogP contribution in [0.1, 0.15) is 18.1 Å². The SMILES string of the molecule is CCc1ccc(CC(=O)Br)cc1. The Hall–Kier alpha value is -0.630. The largest absolute Gasteiger partial charge is 0.286 e. The molecule has 0 bridgehead atoms. The van der Waals surface area contributed by atoms with Gasteiger partial charge in [0.05, 0.1) is 0 Å². The Kier molecular flexibility index (Phi) is 3.48. The molecule has 1 nitrogen and oxygen atoms in total. The van der Waals surface area contributed by atoms with Crippen molar-refractivity contribution in [1.29, 1.82) is 0 Å². The molecule has 0 atom stereocenters. The average molecular weight is 227 g/mol. The van der Waals surface area contributed by atoms with E-state index in [0.717, 1.165) is 12.0 Å². The number of benzene rings is 1. The highest BCUT2D eigenvalue weighted by Gasteiger charge is 1.97. The van der Waals surface area contributed by atoms with Crippen LogP contribution in [0.25, 0.3) is 0 Å². The fourth-order valence-corrected chi connectivity index (χ4v) is 1.38. The van der Waals surface area contributed by atoms with Crippen molar-refractivity contribution in [3.05, 3.63) is 35.4 Å². The lowest BCUT2D eigenvalue weighted by atomic mass is 10.1. The summed E-state index contributed by atoms with van der Waals surface area (Å²) in [6.07, 6.45) is 1.52. The quantitative estimate of drug-likeness (QED) is 0.725. The molecule has 0 N–H and O–H groups in total. The van der Waals surface area contributed by atoms with Crippen LogP contribution in [-0.2, 0) is 17.6 Å². The van der Waals surface area contributed by atoms with Gasteiger partial charge in [0.2, 0.25) is 4.69 Å². The van der Waals surface area contributed by atoms with E-state index in [1.54, 1.807) is 0 Å². The van der Waals surface area contributed by atoms with E-state index in [9.17, 15) is 4.79 Å². The summed E-state index contributed by atoms with van der Waals surface area (Å²) in [4.78, 5) is 10.7. The second-order valence-electron chi connectivity index (χ2n) is 2.70. The highest BCUT2D eigenvalue weighted by molar-refractivity contribution is 9.18. The third-order valence-corrected chi connectivity index (χ3v) is 2.05. The van der Waals surface area contributed by atoms with Gasteiger partial charge in [-0.3, -0.25) is 4.79 Å². The molecule has 0 amide bonds. The smallest absolute Gasteiger partial charge is 0.202 e. The van der Waals surface area contributed by atoms with Crippen LogP contribution in [0.15, 0.2) is 24.3 Å². The monoisotopic (exact) mass is 226 g/mol. The van der Waals surface area contributed by atoms with Crippen LogP contribution >= 0.6 is 15.9 Å². The number of carbonyl (C=O) groups is 1. The van der Waals surface area contributed by atoms with Gasteiger partial charge in [0.15, 0.2) is 0 Å². The minimum absolute atomic E-state index is 0.0340. The van der Waals surface area contributed by atoms with Gasteiger partial charge in [0.25, 0.3) is 0 Å². The van der Waals surface area contributed by atoms with E-state index in [0.29, 0.717) is 6.42 Å². The van der Waals surface area contributed by atoms with E-state index in [-0.39, 0.29) is 4.69 Å². The summed E-state index contributed by atoms with van der Waals surface area (Å²) < 4.78 is 0.0340. The first-order chi connectivity index (χ1) is 5.72. The van der Waals surface area contributed by atoms with Gasteiger partial charge < -0.3 is 0 Å². The lowest BCUT2D eigenvalue weighted by Gasteiger charge is -1.98. The van der Waals surface area contributed by atoms with Gasteiger partial charge >= 0.3 is 0 Å². The summed E-state index contributed by atoms with van der Waals surface area (Å²) >= 11 is 2.91. The lowest BCUT2D eigenvalue weighted by molar-refractivity contribution is -0.109. The van der Waals surface area contributed by atoms with Crippen molar-refractivity contribution in [3.63, 3.8) is 0 Å². The standard InChI is InChI=1S/C10H11BrO/c1-2-8-3-5-9(6-4-8)7-10(11)12/h3-6H,2,7H2,1H3. The first-order valence-electron chi connectivity index (χ1n) is 3.98. The maximum atomic E-state index is 10.7. The molecule has 1 rings (SSSR count). The number of rotatable bonds is 3. The van der Waals surface area contributed by atoms with Crippen LogP contribution in [-0.4, -0.2) is 4.69 Å². The van der Waals surface area contributed by atoms with Crippen molar-refractivity contribution >= 4 is 20.6 Å². The van der Waals surface area contributed by atoms with Crippen molar-refractivity contribution in [2.24, 2.45) is 0 Å². The van der Waals surface area contributed by atoms with E-state index < -0.39 is 0 Å². The Morgan fingerprint density at radius 3 is 2.17 bits per heavy atom. The van der Waals surface area contributed by atoms with Crippen molar-refractivity contribution < 1.29 is 4.79 Å². The topological polar surface area (TPSA) is 17.1 Å². The zero-order valence-corrected chi connectivity index (χ0v) is 8.60. The van der Waals surface area contributed by atoms with E-state index in [1.807, 2.05) is 12.1 Å². The number of hydrogen-bond acceptors (Lipinski definition) is 1. The summed E-state index contributed by atoms with van der Waals surface area (Å²) in [7, 11) is 0. The highest BCUT2D eigenvalue weighted by Crippen LogP contribution is 2.07. The zero-order valence-electron chi connectivity index (χ0n) is 7.01. The van der Waals surface area contributed by atoms with Crippen LogP contribution in [0, 0.1) is 0 Å². The van der Waals surface area contributed by atoms with Crippen LogP contribution in [0.2, 0.25) is 0 Å². The molecule has 0 unspecified atom stereocenters. The Balaban J connectivity index is 2.71. The number of carbonyl (C=O) groups excluding carboxylic acids is 1. The summed E-state index contributed by atoms with van der Waals surface area (Å²) in [6.45, 7) is 2.12. The Bertz CT molecular complexity index is 264. The van der Waals surface area contributed by atoms with Gasteiger partial charge in [-0.1, -0.05) is 31.2 Å². The van der Waals surface area contributed by atoms with Crippen LogP contribution in [0.5, 0.6) is 0 Å². The van der Waals surface area contributed by atoms with Crippen molar-refractivity contribution in [2.45, 2.75) is 19.8 Å². The molecule has 0 radical (unpaired) electrons. The molecule has 12 heavy (non-hydrogen) atoms. The first kappa shape index (κ1) is 9.46. The molecule has 0 aromatic heterocycles. The van der Waals surface area contributed by atoms with E-state index in [1.165, 1.54) is 5.56 Å². The number of halogens is 1. The molecular formula is C10H11BrO. The van der Waals surface area contributed by atoms with Crippen molar-refractivity contribution in [2.75, 3.05) is 0 Å². The zero-order chi connectivity index (χ0) is 8.97. The normalized spacial score (nSPS) is 9.83. The fourth-order valence-electron chi connectivity index (χ4n) is 1.05. The summed E-state index contributed by atoms with van der Waals surface area (Å²) in [6, 6.07) is 8.12. The van der Waals surface area contributed by atoms with Crippen LogP contribution < -0.4 is 0 Å². The number of aryl methyl sites for hydroxylation is 1. The van der Waals surface area contributed by atoms with Crippen molar-refractivity contribution in [1.82, 2.24) is 0 Å². The van der Waals surface area contributed by atoms with Gasteiger partial charge in [-0.05, 0) is 33.5 Å². The van der Waals surface area contributed by atoms with Gasteiger partial charge in [-0.2, -0.15) is 0 Å². The van der Waals surface area contributed by atoms with Crippen LogP contribution in [0.3, 0.4) is 0 Å². The van der Waals surface area contributed by atoms with Gasteiger partial charge in [0.1, 0.15) is 0 Å². The second kappa shape index (κ2) is 4.41. The molecule has 0 aliphatic rings. The summed E-state index contributed by atoms with van der Waals surface area (Å²) in [5.41, 5.74) is 2.37. The molecule has 0 heterocycles. The van der Waals surface area contributed by atoms with E-state index in [2.05, 4.69) is 35.0 Å². The molecule has 0 saturated heterocycles. The van der Waals surface area contributed by atoms with Crippen molar-refractivity contribution in [3.8, 4) is 0 Å². The molecule has 1 aromatic carbocycles. The first-order valence-corrected chi connectivity index (χ1v) is 4.78. The highest BCUT2D eigenvalue weighted by atomic mass is 79.9. The van der Waals surface area contributed by atoms with Gasteiger partial charge in [0, 0.05) is 6.42 Å². The Morgan fingerprint density at radius 1 is 1.25 bits per heavy atom. The molecule has 64 valence electrons. The van der Waals surface area contributed by atoms with E-state index in [4.69, 9.17) is 0 Å². The maximum absolute atomic E-state index is 10.7. The maximum Gasteiger partial charge on any atom is 0.202 e. The lowest BCUT2D eigenvalue weighted by Crippen LogP contribution is -1.92. The van der Waals surface area contributed by atoms with Gasteiger partial charge in [-0.25, -0.2) is 0 Å². The molecule has 0 aliphatic heterocycles. The number of hydrogen-bond donors (Lipinski definition) is 0. The molecular weight excluding hydrogens is 216 g/mol.